The molecule has 1 aliphatic heterocycles. The van der Waals surface area contributed by atoms with Gasteiger partial charge >= 0.3 is 5.69 Å². The van der Waals surface area contributed by atoms with E-state index in [4.69, 9.17) is 5.73 Å². The number of nitrogens with one attached hydrogen (secondary N) is 1. The lowest BCUT2D eigenvalue weighted by atomic mass is 9.96. The van der Waals surface area contributed by atoms with Gasteiger partial charge in [0.2, 0.25) is 15.9 Å². The minimum atomic E-state index is -4.29. The number of nitrogens with zero attached hydrogens (tertiary/aromatic N) is 3. The lowest BCUT2D eigenvalue weighted by Gasteiger charge is -2.32. The fraction of sp³-hybridized carbons (Fsp3) is 0.476. The molecular formula is C21H27F2N5O5S. The molecule has 1 aromatic heterocycles. The largest absolute Gasteiger partial charge is 0.383 e. The predicted molar refractivity (Wildman–Crippen MR) is 122 cm³/mol. The minimum absolute atomic E-state index is 0.0929. The third kappa shape index (κ3) is 4.89. The quantitative estimate of drug-likeness (QED) is 0.588. The Morgan fingerprint density at radius 1 is 1.24 bits per heavy atom. The normalized spacial score (nSPS) is 15.4. The standard InChI is InChI=1S/C21H27F2N5O5S/c1-3-4-9-28-18(24)17(19(29)25-21(28)31)26(2)20(30)13-7-10-27(11-8-13)34(32,33)16-12-14(22)5-6-15(16)23/h5-6,12-13H,3-4,7-11,24H2,1-2H3,(H,25,29,31). The number of hydrogen-bond donors (Lipinski definition) is 2. The summed E-state index contributed by atoms with van der Waals surface area (Å²) in [6.07, 6.45) is 1.64. The van der Waals surface area contributed by atoms with Gasteiger partial charge < -0.3 is 10.6 Å². The van der Waals surface area contributed by atoms with Crippen molar-refractivity contribution in [3.05, 3.63) is 50.7 Å². The van der Waals surface area contributed by atoms with Crippen LogP contribution in [0.5, 0.6) is 0 Å². The zero-order valence-electron chi connectivity index (χ0n) is 18.9. The van der Waals surface area contributed by atoms with Gasteiger partial charge in [-0.1, -0.05) is 13.3 Å². The predicted octanol–water partition coefficient (Wildman–Crippen LogP) is 1.26. The van der Waals surface area contributed by atoms with Crippen molar-refractivity contribution in [1.82, 2.24) is 13.9 Å². The fourth-order valence-electron chi connectivity index (χ4n) is 3.98. The van der Waals surface area contributed by atoms with E-state index in [-0.39, 0.29) is 44.0 Å². The van der Waals surface area contributed by atoms with Crippen molar-refractivity contribution >= 4 is 27.4 Å². The van der Waals surface area contributed by atoms with Crippen LogP contribution in [0.1, 0.15) is 32.6 Å². The molecule has 0 spiro atoms. The third-order valence-electron chi connectivity index (χ3n) is 5.93. The molecule has 0 atom stereocenters. The van der Waals surface area contributed by atoms with E-state index in [0.29, 0.717) is 12.5 Å². The number of piperidine rings is 1. The number of nitrogens with two attached hydrogens (primary N) is 1. The van der Waals surface area contributed by atoms with E-state index in [2.05, 4.69) is 4.98 Å². The smallest absolute Gasteiger partial charge is 0.330 e. The summed E-state index contributed by atoms with van der Waals surface area (Å²) >= 11 is 0. The Morgan fingerprint density at radius 2 is 1.88 bits per heavy atom. The van der Waals surface area contributed by atoms with Crippen LogP contribution in [-0.2, 0) is 21.4 Å². The number of unbranched alkanes of at least 4 members (excludes halogenated alkanes) is 1. The fourth-order valence-corrected chi connectivity index (χ4v) is 5.53. The number of carbonyl (C=O) groups excluding carboxylic acids is 1. The molecular weight excluding hydrogens is 472 g/mol. The van der Waals surface area contributed by atoms with Crippen LogP contribution in [0.4, 0.5) is 20.3 Å². The van der Waals surface area contributed by atoms with Crippen LogP contribution >= 0.6 is 0 Å². The van der Waals surface area contributed by atoms with Crippen molar-refractivity contribution < 1.29 is 22.0 Å². The summed E-state index contributed by atoms with van der Waals surface area (Å²) in [5, 5.41) is 0. The molecule has 0 bridgehead atoms. The summed E-state index contributed by atoms with van der Waals surface area (Å²) in [6.45, 7) is 2.02. The molecule has 1 aromatic carbocycles. The topological polar surface area (TPSA) is 139 Å². The van der Waals surface area contributed by atoms with Crippen LogP contribution in [0.2, 0.25) is 0 Å². The van der Waals surface area contributed by atoms with Gasteiger partial charge in [-0.2, -0.15) is 4.31 Å². The Labute approximate surface area is 195 Å². The van der Waals surface area contributed by atoms with E-state index < -0.39 is 49.6 Å². The van der Waals surface area contributed by atoms with E-state index >= 15 is 0 Å². The summed E-state index contributed by atoms with van der Waals surface area (Å²) in [4.78, 5) is 40.1. The van der Waals surface area contributed by atoms with Crippen molar-refractivity contribution in [2.24, 2.45) is 5.92 Å². The van der Waals surface area contributed by atoms with Gasteiger partial charge in [0.1, 0.15) is 22.3 Å². The van der Waals surface area contributed by atoms with E-state index in [0.717, 1.165) is 27.8 Å². The van der Waals surface area contributed by atoms with E-state index in [1.807, 2.05) is 6.92 Å². The number of halogens is 2. The number of amides is 1. The van der Waals surface area contributed by atoms with E-state index in [9.17, 15) is 31.6 Å². The zero-order chi connectivity index (χ0) is 25.2. The highest BCUT2D eigenvalue weighted by Gasteiger charge is 2.35. The molecule has 1 fully saturated rings. The van der Waals surface area contributed by atoms with Crippen molar-refractivity contribution in [3.8, 4) is 0 Å². The number of H-pyrrole nitrogens is 1. The van der Waals surface area contributed by atoms with Gasteiger partial charge in [-0.25, -0.2) is 22.0 Å². The van der Waals surface area contributed by atoms with Gasteiger partial charge in [0.15, 0.2) is 5.69 Å². The number of hydrogen-bond acceptors (Lipinski definition) is 6. The Kier molecular flexibility index (Phi) is 7.56. The SMILES string of the molecule is CCCCn1c(N)c(N(C)C(=O)C2CCN(S(=O)(=O)c3cc(F)ccc3F)CC2)c(=O)[nH]c1=O. The van der Waals surface area contributed by atoms with Gasteiger partial charge in [0.25, 0.3) is 5.56 Å². The van der Waals surface area contributed by atoms with Crippen LogP contribution in [0.15, 0.2) is 32.7 Å². The van der Waals surface area contributed by atoms with E-state index in [1.165, 1.54) is 11.6 Å². The molecule has 0 radical (unpaired) electrons. The Bertz CT molecular complexity index is 1300. The number of nitrogen functional groups attached to an aromatic ring is 1. The average molecular weight is 500 g/mol. The average Bonchev–Trinajstić information content (AvgIpc) is 2.79. The van der Waals surface area contributed by atoms with Crippen LogP contribution in [0.3, 0.4) is 0 Å². The molecule has 186 valence electrons. The highest BCUT2D eigenvalue weighted by Crippen LogP contribution is 2.28. The Balaban J connectivity index is 1.78. The summed E-state index contributed by atoms with van der Waals surface area (Å²) in [5.41, 5.74) is 4.44. The number of sulfonamides is 1. The Morgan fingerprint density at radius 3 is 2.50 bits per heavy atom. The second-order valence-electron chi connectivity index (χ2n) is 8.15. The summed E-state index contributed by atoms with van der Waals surface area (Å²) < 4.78 is 55.3. The molecule has 1 aliphatic rings. The number of aromatic nitrogens is 2. The molecule has 0 saturated carbocycles. The lowest BCUT2D eigenvalue weighted by Crippen LogP contribution is -2.45. The first-order chi connectivity index (χ1) is 16.0. The monoisotopic (exact) mass is 499 g/mol. The van der Waals surface area contributed by atoms with Crippen LogP contribution in [0, 0.1) is 17.6 Å². The minimum Gasteiger partial charge on any atom is -0.383 e. The molecule has 1 saturated heterocycles. The lowest BCUT2D eigenvalue weighted by molar-refractivity contribution is -0.123. The maximum atomic E-state index is 14.0. The van der Waals surface area contributed by atoms with Gasteiger partial charge in [-0.05, 0) is 37.5 Å². The molecule has 10 nitrogen and oxygen atoms in total. The molecule has 2 aromatic rings. The van der Waals surface area contributed by atoms with Crippen molar-refractivity contribution in [2.75, 3.05) is 30.8 Å². The van der Waals surface area contributed by atoms with E-state index in [1.54, 1.807) is 0 Å². The molecule has 1 amide bonds. The number of carbonyl (C=O) groups is 1. The van der Waals surface area contributed by atoms with Gasteiger partial charge in [0.05, 0.1) is 0 Å². The molecule has 0 aliphatic carbocycles. The van der Waals surface area contributed by atoms with Gasteiger partial charge in [0, 0.05) is 32.6 Å². The third-order valence-corrected chi connectivity index (χ3v) is 7.84. The summed E-state index contributed by atoms with van der Waals surface area (Å²) in [6, 6.07) is 2.20. The van der Waals surface area contributed by atoms with Crippen LogP contribution < -0.4 is 21.9 Å². The zero-order valence-corrected chi connectivity index (χ0v) is 19.7. The second-order valence-corrected chi connectivity index (χ2v) is 10.1. The second kappa shape index (κ2) is 10.1. The molecule has 3 N–H and O–H groups in total. The summed E-state index contributed by atoms with van der Waals surface area (Å²) in [5.74, 6) is -3.17. The summed E-state index contributed by atoms with van der Waals surface area (Å²) in [7, 11) is -2.92. The van der Waals surface area contributed by atoms with Crippen molar-refractivity contribution in [2.45, 2.75) is 44.0 Å². The van der Waals surface area contributed by atoms with Crippen LogP contribution in [-0.4, -0.2) is 48.3 Å². The molecule has 2 heterocycles. The molecule has 0 unspecified atom stereocenters. The molecule has 3 rings (SSSR count). The first-order valence-electron chi connectivity index (χ1n) is 10.8. The Hall–Kier alpha value is -3.06. The van der Waals surface area contributed by atoms with Crippen molar-refractivity contribution in [3.63, 3.8) is 0 Å². The highest BCUT2D eigenvalue weighted by molar-refractivity contribution is 7.89. The first-order valence-corrected chi connectivity index (χ1v) is 12.3. The number of anilines is 2. The maximum Gasteiger partial charge on any atom is 0.330 e. The maximum absolute atomic E-state index is 14.0. The highest BCUT2D eigenvalue weighted by atomic mass is 32.2. The van der Waals surface area contributed by atoms with Gasteiger partial charge in [-0.15, -0.1) is 0 Å². The molecule has 13 heteroatoms. The number of aromatic amines is 1. The van der Waals surface area contributed by atoms with Crippen LogP contribution in [0.25, 0.3) is 0 Å². The number of benzene rings is 1. The van der Waals surface area contributed by atoms with Crippen molar-refractivity contribution in [1.29, 1.82) is 0 Å². The molecule has 34 heavy (non-hydrogen) atoms. The first kappa shape index (κ1) is 25.6. The number of rotatable bonds is 7. The van der Waals surface area contributed by atoms with Gasteiger partial charge in [-0.3, -0.25) is 19.1 Å².